The average Bonchev–Trinajstić information content (AvgIpc) is 3.77. The van der Waals surface area contributed by atoms with Gasteiger partial charge in [0.2, 0.25) is 0 Å². The number of nitrogens with zero attached hydrogens (tertiary/aromatic N) is 2. The number of nitrogens with one attached hydrogen (secondary N) is 1. The smallest absolute Gasteiger partial charge is 0.198 e. The summed E-state index contributed by atoms with van der Waals surface area (Å²) < 4.78 is 15.6. The van der Waals surface area contributed by atoms with Crippen molar-refractivity contribution >= 4 is 90.4 Å². The minimum Gasteiger partial charge on any atom is -0.456 e. The van der Waals surface area contributed by atoms with Gasteiger partial charge in [-0.05, 0) is 83.8 Å². The van der Waals surface area contributed by atoms with Gasteiger partial charge in [-0.3, -0.25) is 0 Å². The Kier molecular flexibility index (Phi) is 6.08. The summed E-state index contributed by atoms with van der Waals surface area (Å²) in [5, 5.41) is 8.45. The van der Waals surface area contributed by atoms with Crippen molar-refractivity contribution < 1.29 is 9.15 Å². The molecule has 12 rings (SSSR count). The summed E-state index contributed by atoms with van der Waals surface area (Å²) in [7, 11) is 0.790. The van der Waals surface area contributed by atoms with E-state index >= 15 is 0 Å². The Morgan fingerprint density at radius 3 is 1.98 bits per heavy atom. The van der Waals surface area contributed by atoms with Gasteiger partial charge in [0, 0.05) is 44.2 Å². The van der Waals surface area contributed by atoms with Crippen molar-refractivity contribution in [3.63, 3.8) is 0 Å². The molecule has 0 atom stereocenters. The fraction of sp³-hybridized carbons (Fsp3) is 0. The van der Waals surface area contributed by atoms with Crippen molar-refractivity contribution in [3.8, 4) is 28.3 Å². The number of hydrogen-bond donors (Lipinski definition) is 1. The van der Waals surface area contributed by atoms with E-state index in [4.69, 9.17) is 9.15 Å². The lowest BCUT2D eigenvalue weighted by Crippen LogP contribution is -2.37. The van der Waals surface area contributed by atoms with Crippen LogP contribution in [0.4, 0.5) is 28.4 Å². The first-order chi connectivity index (χ1) is 26.8. The summed E-state index contributed by atoms with van der Waals surface area (Å²) in [6.45, 7) is 0. The highest BCUT2D eigenvalue weighted by Crippen LogP contribution is 2.54. The van der Waals surface area contributed by atoms with E-state index in [0.717, 1.165) is 80.3 Å². The molecule has 0 bridgehead atoms. The molecule has 4 heterocycles. The van der Waals surface area contributed by atoms with Crippen molar-refractivity contribution in [2.24, 2.45) is 0 Å². The Morgan fingerprint density at radius 1 is 0.500 bits per heavy atom. The van der Waals surface area contributed by atoms with Crippen LogP contribution in [0.5, 0.6) is 11.5 Å². The van der Waals surface area contributed by atoms with Gasteiger partial charge >= 0.3 is 0 Å². The van der Waals surface area contributed by atoms with Gasteiger partial charge in [-0.1, -0.05) is 103 Å². The molecule has 1 N–H and O–H groups in total. The van der Waals surface area contributed by atoms with Crippen molar-refractivity contribution in [1.29, 1.82) is 0 Å². The van der Waals surface area contributed by atoms with E-state index in [9.17, 15) is 0 Å². The fourth-order valence-corrected chi connectivity index (χ4v) is 8.86. The van der Waals surface area contributed by atoms with Gasteiger partial charge in [0.15, 0.2) is 18.8 Å². The normalized spacial score (nSPS) is 12.7. The second-order valence-electron chi connectivity index (χ2n) is 14.2. The van der Waals surface area contributed by atoms with E-state index in [1.54, 1.807) is 0 Å². The van der Waals surface area contributed by atoms with E-state index in [2.05, 4.69) is 166 Å². The molecule has 2 aliphatic heterocycles. The minimum absolute atomic E-state index is 0.790. The van der Waals surface area contributed by atoms with Crippen LogP contribution < -0.4 is 25.9 Å². The van der Waals surface area contributed by atoms with Gasteiger partial charge in [-0.2, -0.15) is 0 Å². The fourth-order valence-electron chi connectivity index (χ4n) is 8.86. The maximum absolute atomic E-state index is 6.60. The molecule has 54 heavy (non-hydrogen) atoms. The standard InChI is InChI=1S/C48H30BN3O2/c1-2-14-29(15-3-1)50-36-26-33-30-16-5-11-23-42(30)53-45(33)28-32(36)34-27-41(51-39-21-9-12-24-43(39)54-44-25-13-10-22-40(44)51)46-31-17-4-7-19-37(31)52-38-20-8-6-18-35(38)49-47(34)48(46)52/h1-28,49-50H. The number of furan rings is 1. The summed E-state index contributed by atoms with van der Waals surface area (Å²) in [5.74, 6) is 1.65. The van der Waals surface area contributed by atoms with Gasteiger partial charge in [0.05, 0.1) is 28.1 Å². The summed E-state index contributed by atoms with van der Waals surface area (Å²) in [6.07, 6.45) is 0. The number of rotatable bonds is 4. The number of para-hydroxylation sites is 8. The third-order valence-electron chi connectivity index (χ3n) is 11.2. The molecule has 0 amide bonds. The van der Waals surface area contributed by atoms with Crippen molar-refractivity contribution in [2.75, 3.05) is 10.2 Å². The minimum atomic E-state index is 0.790. The lowest BCUT2D eigenvalue weighted by atomic mass is 9.59. The van der Waals surface area contributed by atoms with Gasteiger partial charge in [0.25, 0.3) is 0 Å². The zero-order valence-electron chi connectivity index (χ0n) is 29.1. The summed E-state index contributed by atoms with van der Waals surface area (Å²) in [4.78, 5) is 2.40. The van der Waals surface area contributed by atoms with Crippen molar-refractivity contribution in [2.45, 2.75) is 0 Å². The molecule has 0 spiro atoms. The first-order valence-corrected chi connectivity index (χ1v) is 18.4. The molecule has 10 aromatic rings. The lowest BCUT2D eigenvalue weighted by Gasteiger charge is -2.34. The van der Waals surface area contributed by atoms with Crippen LogP contribution in [0.25, 0.3) is 60.6 Å². The maximum atomic E-state index is 6.60. The average molecular weight is 692 g/mol. The quantitative estimate of drug-likeness (QED) is 0.187. The van der Waals surface area contributed by atoms with Gasteiger partial charge in [-0.15, -0.1) is 0 Å². The summed E-state index contributed by atoms with van der Waals surface area (Å²) in [6, 6.07) is 60.1. The molecule has 0 saturated carbocycles. The Bertz CT molecular complexity index is 3120. The molecular weight excluding hydrogens is 661 g/mol. The first kappa shape index (κ1) is 29.4. The van der Waals surface area contributed by atoms with E-state index in [1.807, 2.05) is 18.2 Å². The second kappa shape index (κ2) is 11.2. The van der Waals surface area contributed by atoms with Crippen LogP contribution in [0.3, 0.4) is 0 Å². The lowest BCUT2D eigenvalue weighted by molar-refractivity contribution is 0.477. The third kappa shape index (κ3) is 4.16. The predicted molar refractivity (Wildman–Crippen MR) is 224 cm³/mol. The molecule has 6 heteroatoms. The zero-order chi connectivity index (χ0) is 35.3. The molecule has 2 aliphatic rings. The van der Waals surface area contributed by atoms with E-state index in [-0.39, 0.29) is 0 Å². The van der Waals surface area contributed by atoms with Crippen LogP contribution in [0, 0.1) is 0 Å². The summed E-state index contributed by atoms with van der Waals surface area (Å²) >= 11 is 0. The number of fused-ring (bicyclic) bond motifs is 10. The Balaban J connectivity index is 1.25. The Hall–Kier alpha value is -7.18. The number of ether oxygens (including phenoxy) is 1. The van der Waals surface area contributed by atoms with E-state index < -0.39 is 0 Å². The van der Waals surface area contributed by atoms with Crippen LogP contribution in [-0.4, -0.2) is 11.8 Å². The molecule has 0 unspecified atom stereocenters. The molecule has 2 aromatic heterocycles. The highest BCUT2D eigenvalue weighted by atomic mass is 16.5. The molecule has 0 aliphatic carbocycles. The van der Waals surface area contributed by atoms with Gasteiger partial charge in [0.1, 0.15) is 11.2 Å². The van der Waals surface area contributed by atoms with E-state index in [0.29, 0.717) is 0 Å². The van der Waals surface area contributed by atoms with Crippen molar-refractivity contribution in [1.82, 2.24) is 4.57 Å². The molecular formula is C48H30BN3O2. The van der Waals surface area contributed by atoms with E-state index in [1.165, 1.54) is 38.4 Å². The largest absolute Gasteiger partial charge is 0.456 e. The van der Waals surface area contributed by atoms with Gasteiger partial charge in [-0.25, -0.2) is 0 Å². The zero-order valence-corrected chi connectivity index (χ0v) is 29.1. The molecule has 0 fully saturated rings. The van der Waals surface area contributed by atoms with Gasteiger partial charge < -0.3 is 23.9 Å². The molecule has 8 aromatic carbocycles. The highest BCUT2D eigenvalue weighted by Gasteiger charge is 2.33. The molecule has 0 radical (unpaired) electrons. The topological polar surface area (TPSA) is 42.6 Å². The van der Waals surface area contributed by atoms with Crippen LogP contribution in [-0.2, 0) is 0 Å². The monoisotopic (exact) mass is 691 g/mol. The third-order valence-corrected chi connectivity index (χ3v) is 11.2. The number of benzene rings is 8. The predicted octanol–water partition coefficient (Wildman–Crippen LogP) is 11.4. The van der Waals surface area contributed by atoms with Crippen LogP contribution in [0.1, 0.15) is 0 Å². The van der Waals surface area contributed by atoms with Crippen LogP contribution >= 0.6 is 0 Å². The van der Waals surface area contributed by atoms with Crippen molar-refractivity contribution in [3.05, 3.63) is 170 Å². The number of aromatic nitrogens is 1. The molecule has 252 valence electrons. The first-order valence-electron chi connectivity index (χ1n) is 18.4. The SMILES string of the molecule is B1c2ccccc2-n2c3ccccc3c3c(N4c5ccccc5Oc5ccccc54)cc(-c4cc5oc6ccccc6c5cc4Nc4ccccc4)c1c32. The summed E-state index contributed by atoms with van der Waals surface area (Å²) in [5.41, 5.74) is 15.3. The molecule has 5 nitrogen and oxygen atoms in total. The van der Waals surface area contributed by atoms with Crippen LogP contribution in [0.2, 0.25) is 0 Å². The second-order valence-corrected chi connectivity index (χ2v) is 14.2. The Labute approximate surface area is 311 Å². The van der Waals surface area contributed by atoms with Crippen LogP contribution in [0.15, 0.2) is 174 Å². The molecule has 0 saturated heterocycles. The maximum Gasteiger partial charge on any atom is 0.198 e. The number of anilines is 5. The highest BCUT2D eigenvalue weighted by molar-refractivity contribution is 6.73. The Morgan fingerprint density at radius 2 is 1.17 bits per heavy atom. The number of hydrogen-bond acceptors (Lipinski definition) is 4.